The standard InChI is InChI=1S/C26H29Cl2N5O/c1-3-18(2)24(15-30-13-21-5-4-6-23(27)26(21)28)32-25(34)11-22-14-31-17-33(22)16-20-9-7-19(12-29)8-10-20/h4-10,14,17-18,24,30H,3,11,13,15-16H2,1-2H3,(H,32,34)/t18-,24+/m1/s1. The van der Waals surface area contributed by atoms with E-state index in [4.69, 9.17) is 28.5 Å². The number of aromatic nitrogens is 2. The summed E-state index contributed by atoms with van der Waals surface area (Å²) in [6, 6.07) is 15.1. The maximum Gasteiger partial charge on any atom is 0.226 e. The molecule has 0 unspecified atom stereocenters. The first kappa shape index (κ1) is 25.8. The van der Waals surface area contributed by atoms with Crippen LogP contribution in [0.1, 0.15) is 42.7 Å². The summed E-state index contributed by atoms with van der Waals surface area (Å²) in [5, 5.41) is 16.6. The molecule has 0 aliphatic rings. The van der Waals surface area contributed by atoms with Crippen molar-refractivity contribution in [3.8, 4) is 6.07 Å². The fourth-order valence-corrected chi connectivity index (χ4v) is 4.05. The highest BCUT2D eigenvalue weighted by Crippen LogP contribution is 2.25. The highest BCUT2D eigenvalue weighted by atomic mass is 35.5. The Bertz CT molecular complexity index is 1140. The molecule has 1 amide bonds. The van der Waals surface area contributed by atoms with Crippen LogP contribution in [0, 0.1) is 17.2 Å². The van der Waals surface area contributed by atoms with Gasteiger partial charge in [-0.15, -0.1) is 0 Å². The first-order valence-electron chi connectivity index (χ1n) is 11.3. The van der Waals surface area contributed by atoms with Gasteiger partial charge >= 0.3 is 0 Å². The summed E-state index contributed by atoms with van der Waals surface area (Å²) in [6.07, 6.45) is 4.63. The van der Waals surface area contributed by atoms with Gasteiger partial charge in [-0.25, -0.2) is 4.98 Å². The van der Waals surface area contributed by atoms with Gasteiger partial charge in [0, 0.05) is 37.6 Å². The molecule has 0 saturated carbocycles. The number of rotatable bonds is 11. The van der Waals surface area contributed by atoms with Gasteiger partial charge in [-0.2, -0.15) is 5.26 Å². The average Bonchev–Trinajstić information content (AvgIpc) is 3.27. The fraction of sp³-hybridized carbons (Fsp3) is 0.346. The minimum Gasteiger partial charge on any atom is -0.351 e. The quantitative estimate of drug-likeness (QED) is 0.391. The molecule has 3 rings (SSSR count). The van der Waals surface area contributed by atoms with Gasteiger partial charge in [0.2, 0.25) is 5.91 Å². The molecule has 6 nitrogen and oxygen atoms in total. The van der Waals surface area contributed by atoms with Crippen LogP contribution in [0.4, 0.5) is 0 Å². The van der Waals surface area contributed by atoms with Crippen molar-refractivity contribution in [2.45, 2.75) is 45.8 Å². The zero-order valence-electron chi connectivity index (χ0n) is 19.4. The maximum atomic E-state index is 12.9. The number of benzene rings is 2. The van der Waals surface area contributed by atoms with Crippen LogP contribution >= 0.6 is 23.2 Å². The molecule has 0 radical (unpaired) electrons. The first-order valence-corrected chi connectivity index (χ1v) is 12.1. The van der Waals surface area contributed by atoms with Crippen LogP contribution in [-0.2, 0) is 24.3 Å². The normalized spacial score (nSPS) is 12.7. The number of hydrogen-bond donors (Lipinski definition) is 2. The molecule has 0 aliphatic carbocycles. The van der Waals surface area contributed by atoms with Crippen LogP contribution < -0.4 is 10.6 Å². The second kappa shape index (κ2) is 12.6. The second-order valence-corrected chi connectivity index (χ2v) is 9.19. The molecule has 2 N–H and O–H groups in total. The van der Waals surface area contributed by atoms with Gasteiger partial charge in [-0.05, 0) is 35.2 Å². The molecule has 1 heterocycles. The van der Waals surface area contributed by atoms with E-state index < -0.39 is 0 Å². The molecule has 0 aliphatic heterocycles. The number of carbonyl (C=O) groups is 1. The number of hydrogen-bond acceptors (Lipinski definition) is 4. The largest absolute Gasteiger partial charge is 0.351 e. The number of imidazole rings is 1. The van der Waals surface area contributed by atoms with Crippen molar-refractivity contribution in [3.63, 3.8) is 0 Å². The molecule has 0 saturated heterocycles. The third kappa shape index (κ3) is 7.07. The highest BCUT2D eigenvalue weighted by molar-refractivity contribution is 6.42. The Kier molecular flexibility index (Phi) is 9.52. The topological polar surface area (TPSA) is 82.7 Å². The first-order chi connectivity index (χ1) is 16.4. The zero-order chi connectivity index (χ0) is 24.5. The number of carbonyl (C=O) groups excluding carboxylic acids is 1. The van der Waals surface area contributed by atoms with Crippen LogP contribution in [0.3, 0.4) is 0 Å². The number of nitriles is 1. The van der Waals surface area contributed by atoms with Gasteiger partial charge in [0.15, 0.2) is 0 Å². The minimum absolute atomic E-state index is 0.0228. The smallest absolute Gasteiger partial charge is 0.226 e. The number of nitrogens with zero attached hydrogens (tertiary/aromatic N) is 3. The molecule has 1 aromatic heterocycles. The summed E-state index contributed by atoms with van der Waals surface area (Å²) >= 11 is 12.4. The van der Waals surface area contributed by atoms with E-state index in [1.807, 2.05) is 28.8 Å². The van der Waals surface area contributed by atoms with Crippen LogP contribution in [-0.4, -0.2) is 28.0 Å². The molecule has 2 atom stereocenters. The van der Waals surface area contributed by atoms with E-state index in [0.717, 1.165) is 23.2 Å². The summed E-state index contributed by atoms with van der Waals surface area (Å²) in [6.45, 7) is 6.02. The van der Waals surface area contributed by atoms with Crippen molar-refractivity contribution < 1.29 is 4.79 Å². The van der Waals surface area contributed by atoms with Crippen LogP contribution in [0.5, 0.6) is 0 Å². The molecular weight excluding hydrogens is 469 g/mol. The Morgan fingerprint density at radius 1 is 1.21 bits per heavy atom. The predicted octanol–water partition coefficient (Wildman–Crippen LogP) is 4.97. The van der Waals surface area contributed by atoms with Gasteiger partial charge in [0.25, 0.3) is 0 Å². The molecule has 0 bridgehead atoms. The number of nitrogens with one attached hydrogen (secondary N) is 2. The molecule has 2 aromatic carbocycles. The third-order valence-electron chi connectivity index (χ3n) is 5.96. The van der Waals surface area contributed by atoms with E-state index in [-0.39, 0.29) is 18.4 Å². The molecule has 34 heavy (non-hydrogen) atoms. The third-order valence-corrected chi connectivity index (χ3v) is 6.82. The number of amides is 1. The van der Waals surface area contributed by atoms with Crippen LogP contribution in [0.15, 0.2) is 55.0 Å². The maximum absolute atomic E-state index is 12.9. The Labute approximate surface area is 210 Å². The average molecular weight is 498 g/mol. The summed E-state index contributed by atoms with van der Waals surface area (Å²) in [5.41, 5.74) is 3.43. The lowest BCUT2D eigenvalue weighted by Crippen LogP contribution is -2.46. The van der Waals surface area contributed by atoms with Crippen molar-refractivity contribution in [2.24, 2.45) is 5.92 Å². The predicted molar refractivity (Wildman–Crippen MR) is 136 cm³/mol. The molecule has 3 aromatic rings. The van der Waals surface area contributed by atoms with Crippen molar-refractivity contribution in [2.75, 3.05) is 6.54 Å². The summed E-state index contributed by atoms with van der Waals surface area (Å²) < 4.78 is 1.96. The Morgan fingerprint density at radius 2 is 1.97 bits per heavy atom. The summed E-state index contributed by atoms with van der Waals surface area (Å²) in [4.78, 5) is 17.1. The molecular formula is C26H29Cl2N5O. The van der Waals surface area contributed by atoms with E-state index >= 15 is 0 Å². The van der Waals surface area contributed by atoms with E-state index in [0.29, 0.717) is 41.2 Å². The molecule has 178 valence electrons. The zero-order valence-corrected chi connectivity index (χ0v) is 20.9. The van der Waals surface area contributed by atoms with Gasteiger partial charge in [-0.1, -0.05) is 67.7 Å². The van der Waals surface area contributed by atoms with E-state index in [2.05, 4.69) is 35.5 Å². The summed E-state index contributed by atoms with van der Waals surface area (Å²) in [7, 11) is 0. The van der Waals surface area contributed by atoms with Crippen LogP contribution in [0.25, 0.3) is 0 Å². The van der Waals surface area contributed by atoms with Crippen LogP contribution in [0.2, 0.25) is 10.0 Å². The van der Waals surface area contributed by atoms with E-state index in [1.54, 1.807) is 30.7 Å². The monoisotopic (exact) mass is 497 g/mol. The lowest BCUT2D eigenvalue weighted by molar-refractivity contribution is -0.121. The van der Waals surface area contributed by atoms with E-state index in [9.17, 15) is 4.79 Å². The summed E-state index contributed by atoms with van der Waals surface area (Å²) in [5.74, 6) is 0.254. The molecule has 8 heteroatoms. The van der Waals surface area contributed by atoms with Gasteiger partial charge in [0.1, 0.15) is 0 Å². The van der Waals surface area contributed by atoms with Gasteiger partial charge in [0.05, 0.1) is 34.4 Å². The van der Waals surface area contributed by atoms with Crippen molar-refractivity contribution in [1.29, 1.82) is 5.26 Å². The van der Waals surface area contributed by atoms with Gasteiger partial charge in [-0.3, -0.25) is 4.79 Å². The lowest BCUT2D eigenvalue weighted by Gasteiger charge is -2.25. The van der Waals surface area contributed by atoms with Crippen molar-refractivity contribution in [1.82, 2.24) is 20.2 Å². The van der Waals surface area contributed by atoms with Crippen molar-refractivity contribution in [3.05, 3.63) is 87.4 Å². The van der Waals surface area contributed by atoms with Crippen molar-refractivity contribution >= 4 is 29.1 Å². The highest BCUT2D eigenvalue weighted by Gasteiger charge is 2.19. The Morgan fingerprint density at radius 3 is 2.68 bits per heavy atom. The number of halogens is 2. The second-order valence-electron chi connectivity index (χ2n) is 8.40. The van der Waals surface area contributed by atoms with E-state index in [1.165, 1.54) is 0 Å². The lowest BCUT2D eigenvalue weighted by atomic mass is 9.98. The Balaban J connectivity index is 1.58. The molecule has 0 spiro atoms. The molecule has 0 fully saturated rings. The Hall–Kier alpha value is -2.85. The van der Waals surface area contributed by atoms with Gasteiger partial charge < -0.3 is 15.2 Å². The fourth-order valence-electron chi connectivity index (χ4n) is 3.67. The minimum atomic E-state index is -0.0468. The SMILES string of the molecule is CC[C@@H](C)[C@H](CNCc1cccc(Cl)c1Cl)NC(=O)Cc1cncn1Cc1ccc(C#N)cc1.